The zero-order valence-corrected chi connectivity index (χ0v) is 18.5. The normalized spacial score (nSPS) is 11.9. The van der Waals surface area contributed by atoms with E-state index in [0.717, 1.165) is 31.9 Å². The molecule has 0 spiro atoms. The summed E-state index contributed by atoms with van der Waals surface area (Å²) in [6.45, 7) is 0.295. The summed E-state index contributed by atoms with van der Waals surface area (Å²) in [6.07, 6.45) is 0. The second kappa shape index (κ2) is 8.84. The topological polar surface area (TPSA) is 66.5 Å². The van der Waals surface area contributed by atoms with E-state index in [1.54, 1.807) is 12.1 Å². The Bertz CT molecular complexity index is 1110. The molecule has 0 radical (unpaired) electrons. The number of nitrogens with zero attached hydrogens (tertiary/aromatic N) is 1. The molecule has 0 saturated heterocycles. The van der Waals surface area contributed by atoms with Gasteiger partial charge < -0.3 is 5.32 Å². The van der Waals surface area contributed by atoms with Crippen LogP contribution in [-0.2, 0) is 21.4 Å². The Balaban J connectivity index is 1.60. The molecule has 148 valence electrons. The van der Waals surface area contributed by atoms with E-state index in [1.807, 2.05) is 36.4 Å². The monoisotopic (exact) mass is 454 g/mol. The molecule has 0 atom stereocenters. The molecule has 0 fully saturated rings. The van der Waals surface area contributed by atoms with Crippen molar-refractivity contribution in [1.82, 2.24) is 9.62 Å². The summed E-state index contributed by atoms with van der Waals surface area (Å²) >= 11 is 8.90. The van der Waals surface area contributed by atoms with Crippen LogP contribution in [-0.4, -0.2) is 38.5 Å². The summed E-state index contributed by atoms with van der Waals surface area (Å²) in [5.41, 5.74) is 0. The maximum atomic E-state index is 12.2. The number of rotatable bonds is 7. The van der Waals surface area contributed by atoms with Gasteiger partial charge in [0, 0.05) is 34.3 Å². The Labute approximate surface area is 177 Å². The molecule has 0 bridgehead atoms. The highest BCUT2D eigenvalue weighted by molar-refractivity contribution is 8.00. The average Bonchev–Trinajstić information content (AvgIpc) is 3.14. The van der Waals surface area contributed by atoms with Gasteiger partial charge in [0.1, 0.15) is 4.21 Å². The maximum Gasteiger partial charge on any atom is 0.252 e. The summed E-state index contributed by atoms with van der Waals surface area (Å²) in [7, 11) is -0.457. The van der Waals surface area contributed by atoms with Gasteiger partial charge in [-0.1, -0.05) is 35.9 Å². The lowest BCUT2D eigenvalue weighted by Gasteiger charge is -2.09. The van der Waals surface area contributed by atoms with Crippen LogP contribution in [0.2, 0.25) is 5.02 Å². The number of halogens is 1. The van der Waals surface area contributed by atoms with Gasteiger partial charge in [-0.3, -0.25) is 4.79 Å². The number of carbonyl (C=O) groups is 1. The molecule has 0 saturated carbocycles. The highest BCUT2D eigenvalue weighted by atomic mass is 35.5. The summed E-state index contributed by atoms with van der Waals surface area (Å²) < 4.78 is 25.7. The number of hydrogen-bond donors (Lipinski definition) is 1. The summed E-state index contributed by atoms with van der Waals surface area (Å²) in [4.78, 5) is 14.0. The van der Waals surface area contributed by atoms with Crippen molar-refractivity contribution in [1.29, 1.82) is 0 Å². The lowest BCUT2D eigenvalue weighted by Crippen LogP contribution is -2.24. The standard InChI is InChI=1S/C19H19ClN2O3S3/c1-22(2)28(24,25)18-10-9-14(27-18)11-21-17(23)12-26-16-8-4-6-13-5-3-7-15(20)19(13)16/h3-10H,11-12H2,1-2H3,(H,21,23). The molecular weight excluding hydrogens is 436 g/mol. The van der Waals surface area contributed by atoms with E-state index in [0.29, 0.717) is 11.6 Å². The Morgan fingerprint density at radius 1 is 1.14 bits per heavy atom. The molecule has 5 nitrogen and oxygen atoms in total. The van der Waals surface area contributed by atoms with Crippen LogP contribution in [0.25, 0.3) is 10.8 Å². The molecular formula is C19H19ClN2O3S3. The highest BCUT2D eigenvalue weighted by Gasteiger charge is 2.19. The SMILES string of the molecule is CN(C)S(=O)(=O)c1ccc(CNC(=O)CSc2cccc3cccc(Cl)c23)s1. The molecule has 2 aromatic carbocycles. The van der Waals surface area contributed by atoms with Crippen LogP contribution >= 0.6 is 34.7 Å². The van der Waals surface area contributed by atoms with Gasteiger partial charge in [0.25, 0.3) is 10.0 Å². The second-order valence-corrected chi connectivity index (χ2v) is 11.1. The fourth-order valence-electron chi connectivity index (χ4n) is 2.53. The highest BCUT2D eigenvalue weighted by Crippen LogP contribution is 2.33. The first-order valence-electron chi connectivity index (χ1n) is 8.37. The quantitative estimate of drug-likeness (QED) is 0.543. The van der Waals surface area contributed by atoms with Crippen molar-refractivity contribution in [3.05, 3.63) is 58.4 Å². The number of nitrogens with one attached hydrogen (secondary N) is 1. The minimum Gasteiger partial charge on any atom is -0.350 e. The number of hydrogen-bond acceptors (Lipinski definition) is 5. The molecule has 0 aliphatic heterocycles. The summed E-state index contributed by atoms with van der Waals surface area (Å²) in [6, 6.07) is 14.9. The van der Waals surface area contributed by atoms with Crippen LogP contribution in [0.4, 0.5) is 0 Å². The van der Waals surface area contributed by atoms with Crippen molar-refractivity contribution in [2.24, 2.45) is 0 Å². The first-order chi connectivity index (χ1) is 13.3. The predicted molar refractivity (Wildman–Crippen MR) is 117 cm³/mol. The van der Waals surface area contributed by atoms with Crippen LogP contribution in [0.5, 0.6) is 0 Å². The van der Waals surface area contributed by atoms with Gasteiger partial charge in [-0.25, -0.2) is 12.7 Å². The predicted octanol–water partition coefficient (Wildman–Crippen LogP) is 4.21. The number of thiophene rings is 1. The molecule has 0 unspecified atom stereocenters. The second-order valence-electron chi connectivity index (χ2n) is 6.17. The number of fused-ring (bicyclic) bond motifs is 1. The van der Waals surface area contributed by atoms with Crippen molar-refractivity contribution >= 4 is 61.4 Å². The zero-order valence-electron chi connectivity index (χ0n) is 15.3. The van der Waals surface area contributed by atoms with E-state index in [2.05, 4.69) is 5.32 Å². The van der Waals surface area contributed by atoms with Crippen LogP contribution in [0.15, 0.2) is 57.6 Å². The number of thioether (sulfide) groups is 1. The zero-order chi connectivity index (χ0) is 20.3. The van der Waals surface area contributed by atoms with Crippen molar-refractivity contribution in [2.75, 3.05) is 19.8 Å². The summed E-state index contributed by atoms with van der Waals surface area (Å²) in [5.74, 6) is 0.123. The minimum absolute atomic E-state index is 0.125. The molecule has 1 heterocycles. The molecule has 1 amide bonds. The van der Waals surface area contributed by atoms with Crippen molar-refractivity contribution < 1.29 is 13.2 Å². The van der Waals surface area contributed by atoms with E-state index in [-0.39, 0.29) is 15.9 Å². The Morgan fingerprint density at radius 2 is 1.86 bits per heavy atom. The van der Waals surface area contributed by atoms with E-state index in [9.17, 15) is 13.2 Å². The van der Waals surface area contributed by atoms with E-state index >= 15 is 0 Å². The fourth-order valence-corrected chi connectivity index (χ4v) is 6.27. The number of benzene rings is 2. The van der Waals surface area contributed by atoms with Gasteiger partial charge in [0.2, 0.25) is 5.91 Å². The number of amides is 1. The largest absolute Gasteiger partial charge is 0.350 e. The molecule has 1 N–H and O–H groups in total. The van der Waals surface area contributed by atoms with Crippen LogP contribution in [0.3, 0.4) is 0 Å². The molecule has 28 heavy (non-hydrogen) atoms. The molecule has 1 aromatic heterocycles. The van der Waals surface area contributed by atoms with Gasteiger partial charge in [-0.05, 0) is 29.7 Å². The summed E-state index contributed by atoms with van der Waals surface area (Å²) in [5, 5.41) is 5.48. The molecule has 0 aliphatic carbocycles. The molecule has 9 heteroatoms. The Morgan fingerprint density at radius 3 is 2.57 bits per heavy atom. The Kier molecular flexibility index (Phi) is 6.67. The van der Waals surface area contributed by atoms with Crippen LogP contribution < -0.4 is 5.32 Å². The van der Waals surface area contributed by atoms with Crippen LogP contribution in [0.1, 0.15) is 4.88 Å². The number of carbonyl (C=O) groups excluding carboxylic acids is 1. The van der Waals surface area contributed by atoms with Crippen molar-refractivity contribution in [3.63, 3.8) is 0 Å². The van der Waals surface area contributed by atoms with E-state index < -0.39 is 10.0 Å². The first kappa shape index (κ1) is 21.1. The van der Waals surface area contributed by atoms with E-state index in [4.69, 9.17) is 11.6 Å². The third-order valence-corrected chi connectivity index (χ3v) is 8.75. The van der Waals surface area contributed by atoms with Crippen molar-refractivity contribution in [3.8, 4) is 0 Å². The first-order valence-corrected chi connectivity index (χ1v) is 12.0. The number of sulfonamides is 1. The molecule has 0 aliphatic rings. The fraction of sp³-hybridized carbons (Fsp3) is 0.211. The maximum absolute atomic E-state index is 12.2. The van der Waals surface area contributed by atoms with Gasteiger partial charge in [-0.2, -0.15) is 0 Å². The lowest BCUT2D eigenvalue weighted by molar-refractivity contribution is -0.118. The van der Waals surface area contributed by atoms with Gasteiger partial charge in [0.05, 0.1) is 12.3 Å². The van der Waals surface area contributed by atoms with Crippen LogP contribution in [0, 0.1) is 0 Å². The third-order valence-electron chi connectivity index (χ3n) is 4.01. The van der Waals surface area contributed by atoms with E-state index in [1.165, 1.54) is 30.2 Å². The molecule has 3 rings (SSSR count). The van der Waals surface area contributed by atoms with Gasteiger partial charge >= 0.3 is 0 Å². The Hall–Kier alpha value is -1.58. The smallest absolute Gasteiger partial charge is 0.252 e. The molecule has 3 aromatic rings. The third kappa shape index (κ3) is 4.69. The average molecular weight is 455 g/mol. The van der Waals surface area contributed by atoms with Crippen molar-refractivity contribution in [2.45, 2.75) is 15.6 Å². The minimum atomic E-state index is -3.44. The van der Waals surface area contributed by atoms with Gasteiger partial charge in [-0.15, -0.1) is 23.1 Å². The van der Waals surface area contributed by atoms with Gasteiger partial charge in [0.15, 0.2) is 0 Å². The lowest BCUT2D eigenvalue weighted by atomic mass is 10.1.